The fourth-order valence-electron chi connectivity index (χ4n) is 1.92. The van der Waals surface area contributed by atoms with Crippen molar-refractivity contribution in [2.24, 2.45) is 10.7 Å². The Labute approximate surface area is 119 Å². The van der Waals surface area contributed by atoms with Crippen LogP contribution in [-0.4, -0.2) is 17.5 Å². The molecule has 2 rings (SSSR count). The number of hydrogen-bond donors (Lipinski definition) is 2. The van der Waals surface area contributed by atoms with E-state index < -0.39 is 0 Å². The molecule has 0 atom stereocenters. The van der Waals surface area contributed by atoms with Gasteiger partial charge < -0.3 is 11.1 Å². The Kier molecular flexibility index (Phi) is 5.12. The van der Waals surface area contributed by atoms with E-state index in [1.165, 1.54) is 5.56 Å². The van der Waals surface area contributed by atoms with Crippen molar-refractivity contribution in [1.29, 1.82) is 0 Å². The summed E-state index contributed by atoms with van der Waals surface area (Å²) in [6, 6.07) is 12.4. The molecule has 0 bridgehead atoms. The van der Waals surface area contributed by atoms with E-state index in [0.29, 0.717) is 12.5 Å². The van der Waals surface area contributed by atoms with E-state index in [4.69, 9.17) is 5.73 Å². The number of benzene rings is 1. The van der Waals surface area contributed by atoms with Crippen molar-refractivity contribution in [3.63, 3.8) is 0 Å². The van der Waals surface area contributed by atoms with Gasteiger partial charge in [0.05, 0.1) is 6.54 Å². The van der Waals surface area contributed by atoms with Crippen LogP contribution in [0.2, 0.25) is 0 Å². The molecule has 0 fully saturated rings. The predicted molar refractivity (Wildman–Crippen MR) is 82.4 cm³/mol. The number of nitrogens with zero attached hydrogens (tertiary/aromatic N) is 2. The van der Waals surface area contributed by atoms with E-state index in [2.05, 4.69) is 33.5 Å². The number of aromatic nitrogens is 1. The SMILES string of the molecule is Cc1cncc(CN=C(N)NCCc2ccccc2)c1. The number of nitrogens with one attached hydrogen (secondary N) is 1. The predicted octanol–water partition coefficient (Wildman–Crippen LogP) is 2.04. The lowest BCUT2D eigenvalue weighted by Gasteiger charge is -2.06. The Morgan fingerprint density at radius 3 is 2.75 bits per heavy atom. The van der Waals surface area contributed by atoms with Crippen LogP contribution >= 0.6 is 0 Å². The molecule has 0 radical (unpaired) electrons. The molecule has 1 heterocycles. The Morgan fingerprint density at radius 1 is 1.20 bits per heavy atom. The maximum absolute atomic E-state index is 5.84. The normalized spacial score (nSPS) is 11.3. The molecule has 4 nitrogen and oxygen atoms in total. The monoisotopic (exact) mass is 268 g/mol. The summed E-state index contributed by atoms with van der Waals surface area (Å²) in [5, 5.41) is 3.12. The van der Waals surface area contributed by atoms with Gasteiger partial charge in [-0.15, -0.1) is 0 Å². The first-order valence-corrected chi connectivity index (χ1v) is 6.72. The number of guanidine groups is 1. The van der Waals surface area contributed by atoms with Gasteiger partial charge in [0.15, 0.2) is 5.96 Å². The van der Waals surface area contributed by atoms with Gasteiger partial charge in [-0.2, -0.15) is 0 Å². The number of pyridine rings is 1. The smallest absolute Gasteiger partial charge is 0.188 e. The summed E-state index contributed by atoms with van der Waals surface area (Å²) in [5.74, 6) is 0.474. The zero-order chi connectivity index (χ0) is 14.2. The lowest BCUT2D eigenvalue weighted by Crippen LogP contribution is -2.33. The van der Waals surface area contributed by atoms with Crippen molar-refractivity contribution >= 4 is 5.96 Å². The molecule has 4 heteroatoms. The highest BCUT2D eigenvalue weighted by Gasteiger charge is 1.96. The van der Waals surface area contributed by atoms with Gasteiger partial charge in [-0.1, -0.05) is 36.4 Å². The summed E-state index contributed by atoms with van der Waals surface area (Å²) in [6.07, 6.45) is 4.57. The highest BCUT2D eigenvalue weighted by molar-refractivity contribution is 5.77. The van der Waals surface area contributed by atoms with E-state index in [1.807, 2.05) is 37.5 Å². The summed E-state index contributed by atoms with van der Waals surface area (Å²) < 4.78 is 0. The fraction of sp³-hybridized carbons (Fsp3) is 0.250. The molecule has 104 valence electrons. The first-order valence-electron chi connectivity index (χ1n) is 6.72. The third kappa shape index (κ3) is 4.72. The van der Waals surface area contributed by atoms with Crippen molar-refractivity contribution in [2.75, 3.05) is 6.54 Å². The van der Waals surface area contributed by atoms with Crippen LogP contribution in [0.3, 0.4) is 0 Å². The summed E-state index contributed by atoms with van der Waals surface area (Å²) >= 11 is 0. The minimum Gasteiger partial charge on any atom is -0.370 e. The van der Waals surface area contributed by atoms with Gasteiger partial charge in [0.1, 0.15) is 0 Å². The summed E-state index contributed by atoms with van der Waals surface area (Å²) in [7, 11) is 0. The maximum atomic E-state index is 5.84. The number of aliphatic imine (C=N–C) groups is 1. The van der Waals surface area contributed by atoms with Crippen LogP contribution in [0.5, 0.6) is 0 Å². The molecule has 1 aromatic heterocycles. The molecule has 2 aromatic rings. The average Bonchev–Trinajstić information content (AvgIpc) is 2.46. The van der Waals surface area contributed by atoms with Gasteiger partial charge in [-0.3, -0.25) is 4.98 Å². The summed E-state index contributed by atoms with van der Waals surface area (Å²) in [4.78, 5) is 8.44. The van der Waals surface area contributed by atoms with Crippen molar-refractivity contribution < 1.29 is 0 Å². The van der Waals surface area contributed by atoms with E-state index >= 15 is 0 Å². The summed E-state index contributed by atoms with van der Waals surface area (Å²) in [6.45, 7) is 3.35. The molecule has 0 unspecified atom stereocenters. The zero-order valence-corrected chi connectivity index (χ0v) is 11.7. The van der Waals surface area contributed by atoms with Crippen molar-refractivity contribution in [1.82, 2.24) is 10.3 Å². The molecule has 1 aromatic carbocycles. The van der Waals surface area contributed by atoms with E-state index in [9.17, 15) is 0 Å². The number of aryl methyl sites for hydroxylation is 1. The molecular formula is C16H20N4. The molecular weight excluding hydrogens is 248 g/mol. The Hall–Kier alpha value is -2.36. The van der Waals surface area contributed by atoms with Gasteiger partial charge in [0.2, 0.25) is 0 Å². The van der Waals surface area contributed by atoms with Crippen LogP contribution in [0.1, 0.15) is 16.7 Å². The Balaban J connectivity index is 1.77. The van der Waals surface area contributed by atoms with Gasteiger partial charge in [0, 0.05) is 18.9 Å². The maximum Gasteiger partial charge on any atom is 0.188 e. The van der Waals surface area contributed by atoms with Gasteiger partial charge >= 0.3 is 0 Å². The van der Waals surface area contributed by atoms with Gasteiger partial charge in [-0.05, 0) is 30.0 Å². The first-order chi connectivity index (χ1) is 9.74. The summed E-state index contributed by atoms with van der Waals surface area (Å²) in [5.41, 5.74) is 9.33. The Morgan fingerprint density at radius 2 is 2.00 bits per heavy atom. The lowest BCUT2D eigenvalue weighted by atomic mass is 10.1. The van der Waals surface area contributed by atoms with E-state index in [1.54, 1.807) is 0 Å². The molecule has 0 saturated heterocycles. The molecule has 0 spiro atoms. The van der Waals surface area contributed by atoms with Crippen molar-refractivity contribution in [3.05, 3.63) is 65.5 Å². The lowest BCUT2D eigenvalue weighted by molar-refractivity contribution is 0.847. The molecule has 0 aliphatic rings. The standard InChI is InChI=1S/C16H20N4/c1-13-9-15(11-18-10-13)12-20-16(17)19-8-7-14-5-3-2-4-6-14/h2-6,9-11H,7-8,12H2,1H3,(H3,17,19,20). The van der Waals surface area contributed by atoms with Crippen LogP contribution in [0.25, 0.3) is 0 Å². The van der Waals surface area contributed by atoms with Crippen molar-refractivity contribution in [3.8, 4) is 0 Å². The second-order valence-corrected chi connectivity index (χ2v) is 4.73. The van der Waals surface area contributed by atoms with Crippen LogP contribution in [-0.2, 0) is 13.0 Å². The quantitative estimate of drug-likeness (QED) is 0.644. The molecule has 0 amide bonds. The third-order valence-corrected chi connectivity index (χ3v) is 2.93. The molecule has 20 heavy (non-hydrogen) atoms. The zero-order valence-electron chi connectivity index (χ0n) is 11.7. The van der Waals surface area contributed by atoms with Gasteiger partial charge in [-0.25, -0.2) is 4.99 Å². The fourth-order valence-corrected chi connectivity index (χ4v) is 1.92. The highest BCUT2D eigenvalue weighted by atomic mass is 15.1. The third-order valence-electron chi connectivity index (χ3n) is 2.93. The highest BCUT2D eigenvalue weighted by Crippen LogP contribution is 2.02. The van der Waals surface area contributed by atoms with Gasteiger partial charge in [0.25, 0.3) is 0 Å². The second kappa shape index (κ2) is 7.28. The van der Waals surface area contributed by atoms with E-state index in [0.717, 1.165) is 24.1 Å². The number of rotatable bonds is 5. The number of nitrogens with two attached hydrogens (primary N) is 1. The van der Waals surface area contributed by atoms with Crippen LogP contribution in [0.15, 0.2) is 53.8 Å². The minimum atomic E-state index is 0.474. The van der Waals surface area contributed by atoms with Crippen LogP contribution in [0, 0.1) is 6.92 Å². The largest absolute Gasteiger partial charge is 0.370 e. The topological polar surface area (TPSA) is 63.3 Å². The molecule has 3 N–H and O–H groups in total. The molecule has 0 saturated carbocycles. The second-order valence-electron chi connectivity index (χ2n) is 4.73. The van der Waals surface area contributed by atoms with Crippen LogP contribution < -0.4 is 11.1 Å². The first kappa shape index (κ1) is 14.1. The Bertz CT molecular complexity index is 564. The van der Waals surface area contributed by atoms with Crippen molar-refractivity contribution in [2.45, 2.75) is 19.9 Å². The number of hydrogen-bond acceptors (Lipinski definition) is 2. The van der Waals surface area contributed by atoms with E-state index in [-0.39, 0.29) is 0 Å². The molecule has 0 aliphatic heterocycles. The minimum absolute atomic E-state index is 0.474. The van der Waals surface area contributed by atoms with Crippen LogP contribution in [0.4, 0.5) is 0 Å². The average molecular weight is 268 g/mol. The molecule has 0 aliphatic carbocycles.